The van der Waals surface area contributed by atoms with Gasteiger partial charge in [-0.3, -0.25) is 4.98 Å². The number of nitrogens with two attached hydrogens (primary N) is 1. The quantitative estimate of drug-likeness (QED) is 0.320. The van der Waals surface area contributed by atoms with Crippen LogP contribution >= 0.6 is 0 Å². The van der Waals surface area contributed by atoms with Gasteiger partial charge in [0, 0.05) is 17.8 Å². The predicted octanol–water partition coefficient (Wildman–Crippen LogP) is 5.54. The fraction of sp³-hybridized carbons (Fsp3) is 0.120. The molecule has 0 spiro atoms. The fourth-order valence-corrected chi connectivity index (χ4v) is 3.11. The number of pyridine rings is 1. The number of amidine groups is 1. The van der Waals surface area contributed by atoms with Gasteiger partial charge in [-0.1, -0.05) is 6.07 Å². The van der Waals surface area contributed by atoms with Gasteiger partial charge in [-0.05, 0) is 74.5 Å². The maximum atomic E-state index is 9.50. The second kappa shape index (κ2) is 8.75. The zero-order valence-corrected chi connectivity index (χ0v) is 17.3. The summed E-state index contributed by atoms with van der Waals surface area (Å²) in [5, 5.41) is 9.50. The Morgan fingerprint density at radius 1 is 1.00 bits per heavy atom. The van der Waals surface area contributed by atoms with Crippen molar-refractivity contribution >= 4 is 11.5 Å². The van der Waals surface area contributed by atoms with E-state index in [9.17, 15) is 5.11 Å². The second-order valence-corrected chi connectivity index (χ2v) is 7.27. The molecule has 0 radical (unpaired) electrons. The van der Waals surface area contributed by atoms with Crippen molar-refractivity contribution in [1.82, 2.24) is 4.98 Å². The summed E-state index contributed by atoms with van der Waals surface area (Å²) in [5.41, 5.74) is 9.08. The maximum Gasteiger partial charge on any atom is 0.150 e. The van der Waals surface area contributed by atoms with Gasteiger partial charge in [-0.25, -0.2) is 4.99 Å². The van der Waals surface area contributed by atoms with E-state index in [2.05, 4.69) is 9.98 Å². The molecule has 4 aromatic rings. The summed E-state index contributed by atoms with van der Waals surface area (Å²) in [4.78, 5) is 8.72. The molecule has 0 aliphatic carbocycles. The van der Waals surface area contributed by atoms with Crippen LogP contribution in [0.3, 0.4) is 0 Å². The highest BCUT2D eigenvalue weighted by Gasteiger charge is 2.14. The van der Waals surface area contributed by atoms with Crippen LogP contribution in [-0.4, -0.2) is 22.0 Å². The van der Waals surface area contributed by atoms with Crippen molar-refractivity contribution < 1.29 is 14.3 Å². The Balaban J connectivity index is 1.69. The van der Waals surface area contributed by atoms with Gasteiger partial charge in [0.1, 0.15) is 34.5 Å². The van der Waals surface area contributed by atoms with Crippen LogP contribution in [0.4, 0.5) is 5.69 Å². The lowest BCUT2D eigenvalue weighted by atomic mass is 10.1. The molecule has 0 fully saturated rings. The molecule has 0 amide bonds. The smallest absolute Gasteiger partial charge is 0.150 e. The Kier molecular flexibility index (Phi) is 5.71. The number of aliphatic imine (C=N–C) groups is 1. The van der Waals surface area contributed by atoms with Crippen molar-refractivity contribution in [3.8, 4) is 34.1 Å². The Bertz CT molecular complexity index is 1200. The number of hydrogen-bond acceptors (Lipinski definition) is 5. The highest BCUT2D eigenvalue weighted by molar-refractivity contribution is 5.97. The third-order valence-corrected chi connectivity index (χ3v) is 4.53. The molecule has 2 heterocycles. The molecule has 0 atom stereocenters. The summed E-state index contributed by atoms with van der Waals surface area (Å²) in [6, 6.07) is 21.8. The summed E-state index contributed by atoms with van der Waals surface area (Å²) in [7, 11) is 0. The van der Waals surface area contributed by atoms with E-state index < -0.39 is 0 Å². The van der Waals surface area contributed by atoms with Gasteiger partial charge in [0.25, 0.3) is 0 Å². The van der Waals surface area contributed by atoms with E-state index in [1.165, 1.54) is 0 Å². The lowest BCUT2D eigenvalue weighted by molar-refractivity contribution is 0.243. The van der Waals surface area contributed by atoms with Crippen LogP contribution in [0.5, 0.6) is 11.5 Å². The molecule has 31 heavy (non-hydrogen) atoms. The molecule has 6 nitrogen and oxygen atoms in total. The van der Waals surface area contributed by atoms with Gasteiger partial charge in [0.05, 0.1) is 17.4 Å². The first-order valence-corrected chi connectivity index (χ1v) is 9.95. The Labute approximate surface area is 180 Å². The number of rotatable bonds is 6. The van der Waals surface area contributed by atoms with Crippen molar-refractivity contribution in [2.75, 3.05) is 0 Å². The van der Waals surface area contributed by atoms with Crippen molar-refractivity contribution in [1.29, 1.82) is 0 Å². The van der Waals surface area contributed by atoms with Crippen LogP contribution in [0.25, 0.3) is 22.6 Å². The van der Waals surface area contributed by atoms with E-state index in [0.717, 1.165) is 11.1 Å². The number of nitrogens with zero attached hydrogens (tertiary/aromatic N) is 2. The van der Waals surface area contributed by atoms with Gasteiger partial charge in [-0.15, -0.1) is 0 Å². The average Bonchev–Trinajstić information content (AvgIpc) is 3.24. The van der Waals surface area contributed by atoms with Gasteiger partial charge in [-0.2, -0.15) is 0 Å². The van der Waals surface area contributed by atoms with Crippen molar-refractivity contribution in [3.05, 3.63) is 84.7 Å². The third-order valence-electron chi connectivity index (χ3n) is 4.53. The summed E-state index contributed by atoms with van der Waals surface area (Å²) >= 11 is 0. The lowest BCUT2D eigenvalue weighted by Gasteiger charge is -2.14. The van der Waals surface area contributed by atoms with Crippen LogP contribution in [0, 0.1) is 0 Å². The molecule has 2 aromatic heterocycles. The number of phenols is 1. The SMILES string of the molecule is CC(C)Oc1cc(N=C(N)c2ccccn2)ccc1-c1ccc(-c2ccc(O)cc2)o1. The number of hydrogen-bond donors (Lipinski definition) is 2. The van der Waals surface area contributed by atoms with Gasteiger partial charge in [0.15, 0.2) is 0 Å². The molecule has 4 rings (SSSR count). The average molecular weight is 413 g/mol. The van der Waals surface area contributed by atoms with Gasteiger partial charge in [0.2, 0.25) is 0 Å². The molecule has 0 aliphatic heterocycles. The summed E-state index contributed by atoms with van der Waals surface area (Å²) in [6.07, 6.45) is 1.65. The molecule has 0 unspecified atom stereocenters. The lowest BCUT2D eigenvalue weighted by Crippen LogP contribution is -2.14. The molecule has 0 saturated carbocycles. The summed E-state index contributed by atoms with van der Waals surface area (Å²) in [5.74, 6) is 2.57. The highest BCUT2D eigenvalue weighted by atomic mass is 16.5. The molecular formula is C25H23N3O3. The highest BCUT2D eigenvalue weighted by Crippen LogP contribution is 2.37. The number of aromatic hydroxyl groups is 1. The number of phenolic OH excluding ortho intramolecular Hbond substituents is 1. The van der Waals surface area contributed by atoms with E-state index in [1.807, 2.05) is 74.5 Å². The molecule has 0 bridgehead atoms. The van der Waals surface area contributed by atoms with E-state index in [0.29, 0.717) is 34.5 Å². The van der Waals surface area contributed by atoms with Gasteiger partial charge < -0.3 is 20.0 Å². The molecule has 6 heteroatoms. The first-order valence-electron chi connectivity index (χ1n) is 9.95. The molecule has 0 saturated heterocycles. The maximum absolute atomic E-state index is 9.50. The topological polar surface area (TPSA) is 93.9 Å². The first kappa shape index (κ1) is 20.2. The van der Waals surface area contributed by atoms with Crippen LogP contribution in [0.1, 0.15) is 19.5 Å². The van der Waals surface area contributed by atoms with E-state index >= 15 is 0 Å². The van der Waals surface area contributed by atoms with E-state index in [1.54, 1.807) is 18.3 Å². The minimum Gasteiger partial charge on any atom is -0.508 e. The zero-order chi connectivity index (χ0) is 21.8. The zero-order valence-electron chi connectivity index (χ0n) is 17.3. The largest absolute Gasteiger partial charge is 0.508 e. The molecule has 0 aliphatic rings. The summed E-state index contributed by atoms with van der Waals surface area (Å²) < 4.78 is 12.1. The molecule has 2 aromatic carbocycles. The molecule has 156 valence electrons. The standard InChI is InChI=1S/C25H23N3O3/c1-16(2)30-24-15-18(28-25(26)21-5-3-4-14-27-21)8-11-20(24)23-13-12-22(31-23)17-6-9-19(29)10-7-17/h3-16,29H,1-2H3,(H2,26,28). The van der Waals surface area contributed by atoms with Gasteiger partial charge >= 0.3 is 0 Å². The number of furan rings is 1. The monoisotopic (exact) mass is 413 g/mol. The first-order chi connectivity index (χ1) is 15.0. The third kappa shape index (κ3) is 4.75. The van der Waals surface area contributed by atoms with E-state index in [-0.39, 0.29) is 11.9 Å². The van der Waals surface area contributed by atoms with Crippen molar-refractivity contribution in [3.63, 3.8) is 0 Å². The Morgan fingerprint density at radius 3 is 2.48 bits per heavy atom. The molecule has 3 N–H and O–H groups in total. The Hall–Kier alpha value is -4.06. The second-order valence-electron chi connectivity index (χ2n) is 7.27. The van der Waals surface area contributed by atoms with Crippen LogP contribution in [-0.2, 0) is 0 Å². The normalized spacial score (nSPS) is 11.6. The van der Waals surface area contributed by atoms with Crippen molar-refractivity contribution in [2.24, 2.45) is 10.7 Å². The summed E-state index contributed by atoms with van der Waals surface area (Å²) in [6.45, 7) is 3.93. The number of aromatic nitrogens is 1. The minimum atomic E-state index is -0.0300. The van der Waals surface area contributed by atoms with E-state index in [4.69, 9.17) is 14.9 Å². The molecular weight excluding hydrogens is 390 g/mol. The Morgan fingerprint density at radius 2 is 1.77 bits per heavy atom. The van der Waals surface area contributed by atoms with Crippen molar-refractivity contribution in [2.45, 2.75) is 20.0 Å². The predicted molar refractivity (Wildman–Crippen MR) is 122 cm³/mol. The minimum absolute atomic E-state index is 0.0300. The van der Waals surface area contributed by atoms with Crippen LogP contribution in [0.2, 0.25) is 0 Å². The number of benzene rings is 2. The van der Waals surface area contributed by atoms with Crippen LogP contribution < -0.4 is 10.5 Å². The van der Waals surface area contributed by atoms with Crippen LogP contribution in [0.15, 0.2) is 88.4 Å². The number of ether oxygens (including phenoxy) is 1. The fourth-order valence-electron chi connectivity index (χ4n) is 3.11.